The predicted molar refractivity (Wildman–Crippen MR) is 136 cm³/mol. The molecule has 0 amide bonds. The first-order chi connectivity index (χ1) is 17.5. The normalized spacial score (nSPS) is 21.3. The fraction of sp³-hybridized carbons (Fsp3) is 0.357. The van der Waals surface area contributed by atoms with Gasteiger partial charge in [-0.15, -0.1) is 0 Å². The quantitative estimate of drug-likeness (QED) is 0.238. The number of carboxylic acid groups (broad SMARTS) is 1. The Labute approximate surface area is 218 Å². The van der Waals surface area contributed by atoms with Crippen LogP contribution in [-0.4, -0.2) is 28.6 Å². The van der Waals surface area contributed by atoms with Crippen molar-refractivity contribution in [1.29, 1.82) is 0 Å². The minimum atomic E-state index is -1.38. The van der Waals surface area contributed by atoms with Gasteiger partial charge >= 0.3 is 5.97 Å². The molecule has 1 saturated carbocycles. The summed E-state index contributed by atoms with van der Waals surface area (Å²) in [7, 11) is 0. The summed E-state index contributed by atoms with van der Waals surface area (Å²) in [5.74, 6) is -2.09. The van der Waals surface area contributed by atoms with Crippen molar-refractivity contribution in [3.8, 4) is 0 Å². The van der Waals surface area contributed by atoms with E-state index in [1.165, 1.54) is 25.3 Å². The van der Waals surface area contributed by atoms with Crippen molar-refractivity contribution in [2.45, 2.75) is 57.3 Å². The third kappa shape index (κ3) is 5.85. The Morgan fingerprint density at radius 2 is 1.89 bits per heavy atom. The second-order valence-corrected chi connectivity index (χ2v) is 10.1. The number of hydrogen-bond acceptors (Lipinski definition) is 3. The van der Waals surface area contributed by atoms with E-state index in [0.29, 0.717) is 36.3 Å². The SMILES string of the molecule is C=C(Nc1ccc(C(=O)O)cc1)C(CC1CC(F)C1)c1ccc(C2=C(C(C)F)CCC(Cl)=C2F)c[n+]1O. The number of carbonyl (C=O) groups is 1. The molecule has 2 atom stereocenters. The van der Waals surface area contributed by atoms with Crippen LogP contribution in [-0.2, 0) is 0 Å². The summed E-state index contributed by atoms with van der Waals surface area (Å²) in [6.45, 7) is 5.48. The van der Waals surface area contributed by atoms with Crippen LogP contribution in [0.3, 0.4) is 0 Å². The number of benzene rings is 1. The van der Waals surface area contributed by atoms with Crippen molar-refractivity contribution < 1.29 is 33.0 Å². The molecule has 2 aliphatic carbocycles. The van der Waals surface area contributed by atoms with Crippen LogP contribution in [0.2, 0.25) is 0 Å². The highest BCUT2D eigenvalue weighted by molar-refractivity contribution is 6.31. The van der Waals surface area contributed by atoms with E-state index in [-0.39, 0.29) is 46.1 Å². The van der Waals surface area contributed by atoms with Gasteiger partial charge in [-0.1, -0.05) is 18.2 Å². The molecule has 1 fully saturated rings. The van der Waals surface area contributed by atoms with Crippen molar-refractivity contribution in [2.24, 2.45) is 5.92 Å². The molecule has 196 valence electrons. The van der Waals surface area contributed by atoms with Gasteiger partial charge in [-0.05, 0) is 80.9 Å². The first-order valence-corrected chi connectivity index (χ1v) is 12.5. The molecule has 0 spiro atoms. The lowest BCUT2D eigenvalue weighted by molar-refractivity contribution is -0.910. The second kappa shape index (κ2) is 11.0. The molecule has 3 N–H and O–H groups in total. The van der Waals surface area contributed by atoms with E-state index < -0.39 is 30.1 Å². The average Bonchev–Trinajstić information content (AvgIpc) is 2.83. The summed E-state index contributed by atoms with van der Waals surface area (Å²) in [6, 6.07) is 9.36. The van der Waals surface area contributed by atoms with Crippen molar-refractivity contribution >= 4 is 28.8 Å². The number of rotatable bonds is 9. The van der Waals surface area contributed by atoms with Gasteiger partial charge in [0.15, 0.2) is 0 Å². The number of alkyl halides is 2. The Bertz CT molecular complexity index is 1270. The number of anilines is 1. The van der Waals surface area contributed by atoms with Crippen LogP contribution in [0.15, 0.2) is 71.3 Å². The maximum absolute atomic E-state index is 15.0. The lowest BCUT2D eigenvalue weighted by Crippen LogP contribution is -2.39. The first-order valence-electron chi connectivity index (χ1n) is 12.1. The van der Waals surface area contributed by atoms with E-state index in [0.717, 1.165) is 4.73 Å². The Kier molecular flexibility index (Phi) is 7.97. The Balaban J connectivity index is 1.65. The van der Waals surface area contributed by atoms with Crippen LogP contribution in [0.1, 0.15) is 66.6 Å². The van der Waals surface area contributed by atoms with Gasteiger partial charge in [0.2, 0.25) is 11.9 Å². The van der Waals surface area contributed by atoms with E-state index in [1.807, 2.05) is 0 Å². The molecule has 5 nitrogen and oxygen atoms in total. The molecule has 2 aliphatic rings. The Morgan fingerprint density at radius 1 is 1.22 bits per heavy atom. The minimum absolute atomic E-state index is 0.0168. The highest BCUT2D eigenvalue weighted by atomic mass is 35.5. The summed E-state index contributed by atoms with van der Waals surface area (Å²) in [4.78, 5) is 11.1. The number of nitrogens with zero attached hydrogens (tertiary/aromatic N) is 1. The molecule has 37 heavy (non-hydrogen) atoms. The fourth-order valence-electron chi connectivity index (χ4n) is 4.98. The van der Waals surface area contributed by atoms with Gasteiger partial charge in [0.1, 0.15) is 18.2 Å². The van der Waals surface area contributed by atoms with E-state index >= 15 is 0 Å². The average molecular weight is 534 g/mol. The molecule has 0 aliphatic heterocycles. The zero-order chi connectivity index (χ0) is 26.9. The third-order valence-electron chi connectivity index (χ3n) is 7.08. The van der Waals surface area contributed by atoms with Crippen molar-refractivity contribution in [3.63, 3.8) is 0 Å². The van der Waals surface area contributed by atoms with Gasteiger partial charge in [0.05, 0.1) is 22.1 Å². The second-order valence-electron chi connectivity index (χ2n) is 9.68. The molecule has 4 rings (SSSR count). The molecule has 1 aromatic carbocycles. The van der Waals surface area contributed by atoms with Gasteiger partial charge in [-0.2, -0.15) is 0 Å². The van der Waals surface area contributed by atoms with Crippen LogP contribution >= 0.6 is 11.6 Å². The zero-order valence-electron chi connectivity index (χ0n) is 20.4. The van der Waals surface area contributed by atoms with Gasteiger partial charge in [-0.3, -0.25) is 5.21 Å². The fourth-order valence-corrected chi connectivity index (χ4v) is 5.17. The number of aromatic carboxylic acids is 1. The van der Waals surface area contributed by atoms with Gasteiger partial charge in [-0.25, -0.2) is 18.0 Å². The highest BCUT2D eigenvalue weighted by Gasteiger charge is 2.36. The van der Waals surface area contributed by atoms with Crippen LogP contribution in [0.4, 0.5) is 18.9 Å². The maximum Gasteiger partial charge on any atom is 0.335 e. The molecule has 1 heterocycles. The van der Waals surface area contributed by atoms with Crippen molar-refractivity contribution in [3.05, 3.63) is 88.1 Å². The third-order valence-corrected chi connectivity index (χ3v) is 7.44. The van der Waals surface area contributed by atoms with Crippen molar-refractivity contribution in [2.75, 3.05) is 5.32 Å². The molecule has 2 unspecified atom stereocenters. The van der Waals surface area contributed by atoms with Crippen molar-refractivity contribution in [1.82, 2.24) is 0 Å². The van der Waals surface area contributed by atoms with Crippen LogP contribution in [0, 0.1) is 5.92 Å². The van der Waals surface area contributed by atoms with E-state index in [1.54, 1.807) is 24.3 Å². The minimum Gasteiger partial charge on any atom is -0.478 e. The summed E-state index contributed by atoms with van der Waals surface area (Å²) in [5, 5.41) is 23.3. The zero-order valence-corrected chi connectivity index (χ0v) is 21.1. The molecule has 0 saturated heterocycles. The molecule has 0 bridgehead atoms. The standard InChI is InChI=1S/C28H28ClF3N2O3/c1-15(30)22-8-9-24(29)27(32)26(22)19-5-10-25(34(37)14-19)23(13-17-11-20(31)12-17)16(2)33-21-6-3-18(4-7-21)28(35)36/h3-7,10,14-15,17,20,23,33H,2,8-9,11-13H2,1H3,(H-,35,36,37)/p+1. The largest absolute Gasteiger partial charge is 0.478 e. The number of aromatic nitrogens is 1. The highest BCUT2D eigenvalue weighted by Crippen LogP contribution is 2.42. The number of hydrogen-bond donors (Lipinski definition) is 3. The summed E-state index contributed by atoms with van der Waals surface area (Å²) in [5.41, 5.74) is 2.32. The summed E-state index contributed by atoms with van der Waals surface area (Å²) >= 11 is 6.04. The number of nitrogens with one attached hydrogen (secondary N) is 1. The molecular weight excluding hydrogens is 505 g/mol. The predicted octanol–water partition coefficient (Wildman–Crippen LogP) is 7.08. The van der Waals surface area contributed by atoms with E-state index in [9.17, 15) is 23.2 Å². The number of halogens is 4. The van der Waals surface area contributed by atoms with Crippen LogP contribution in [0.5, 0.6) is 0 Å². The van der Waals surface area contributed by atoms with Gasteiger partial charge in [0.25, 0.3) is 0 Å². The Morgan fingerprint density at radius 3 is 2.46 bits per heavy atom. The lowest BCUT2D eigenvalue weighted by Gasteiger charge is -2.32. The first kappa shape index (κ1) is 26.8. The Hall–Kier alpha value is -3.26. The molecular formula is C28H29ClF3N2O3+. The number of pyridine rings is 1. The molecule has 2 aromatic rings. The smallest absolute Gasteiger partial charge is 0.335 e. The van der Waals surface area contributed by atoms with Crippen LogP contribution in [0.25, 0.3) is 5.57 Å². The van der Waals surface area contributed by atoms with Gasteiger partial charge < -0.3 is 10.4 Å². The van der Waals surface area contributed by atoms with E-state index in [2.05, 4.69) is 11.9 Å². The monoisotopic (exact) mass is 533 g/mol. The molecule has 1 aromatic heterocycles. The number of carboxylic acids is 1. The molecule has 9 heteroatoms. The van der Waals surface area contributed by atoms with Gasteiger partial charge in [0, 0.05) is 27.8 Å². The van der Waals surface area contributed by atoms with E-state index in [4.69, 9.17) is 16.7 Å². The summed E-state index contributed by atoms with van der Waals surface area (Å²) < 4.78 is 43.7. The lowest BCUT2D eigenvalue weighted by atomic mass is 9.76. The summed E-state index contributed by atoms with van der Waals surface area (Å²) in [6.07, 6.45) is 0.932. The molecule has 0 radical (unpaired) electrons. The number of allylic oxidation sites excluding steroid dienone is 5. The van der Waals surface area contributed by atoms with Crippen LogP contribution < -0.4 is 10.0 Å². The topological polar surface area (TPSA) is 73.4 Å². The maximum atomic E-state index is 15.0.